The van der Waals surface area contributed by atoms with E-state index < -0.39 is 0 Å². The Labute approximate surface area is 820 Å². The minimum atomic E-state index is -0.302. The van der Waals surface area contributed by atoms with E-state index in [0.717, 1.165) is 178 Å². The average molecular weight is 2010 g/mol. The highest BCUT2D eigenvalue weighted by molar-refractivity contribution is 9.10. The molecular weight excluding hydrogens is 1930 g/mol. The first-order valence-corrected chi connectivity index (χ1v) is 49.0. The van der Waals surface area contributed by atoms with Gasteiger partial charge in [-0.05, 0) is 136 Å². The van der Waals surface area contributed by atoms with E-state index in [1.807, 2.05) is 179 Å². The maximum absolute atomic E-state index is 11.9. The molecule has 0 amide bonds. The van der Waals surface area contributed by atoms with Gasteiger partial charge >= 0.3 is 5.97 Å². The average Bonchev–Trinajstić information content (AvgIpc) is 1.62. The molecule has 0 saturated heterocycles. The Bertz CT molecular complexity index is 7730. The molecule has 0 aliphatic heterocycles. The SMILES string of the molecule is CCCC(=O)Cc1cc(-c2nc(OCC)c(-c3ncn[nH]3)s2)ccn1.CCOC(=O)Cc1cc(-c2nc(OCC)c(-c3ncn[nH]3)s2)ccn1.COc1ccc(-c2ccc3nc(C)c(-c4nc(-c5ccccc5)c(-c5ncn[nH]5)s4)n3c2)cc1OC.Cc1nc2ccc(Br)cn2c1-c1nc(-c2ccccc2)c(-c2ncn[nH]2)s1.Cc1nn2ccsc2c1-c1nc(-c2ccccc2)c(-c2cocn2)s1. The summed E-state index contributed by atoms with van der Waals surface area (Å²) < 4.78 is 39.4. The minimum Gasteiger partial charge on any atom is -0.493 e. The van der Waals surface area contributed by atoms with Crippen LogP contribution >= 0.6 is 84.0 Å². The molecule has 18 aromatic heterocycles. The third-order valence-electron chi connectivity index (χ3n) is 20.9. The molecule has 0 atom stereocenters. The lowest BCUT2D eigenvalue weighted by molar-refractivity contribution is -0.142. The smallest absolute Gasteiger partial charge is 0.311 e. The van der Waals surface area contributed by atoms with Gasteiger partial charge < -0.3 is 28.1 Å². The van der Waals surface area contributed by atoms with E-state index in [2.05, 4.69) is 169 Å². The second kappa shape index (κ2) is 43.0. The van der Waals surface area contributed by atoms with Crippen molar-refractivity contribution in [1.29, 1.82) is 0 Å². The number of oxazole rings is 1. The van der Waals surface area contributed by atoms with Crippen molar-refractivity contribution in [3.63, 3.8) is 0 Å². The fraction of sp³-hybridized carbons (Fsp3) is 0.165. The van der Waals surface area contributed by atoms with Crippen molar-refractivity contribution >= 4 is 112 Å². The van der Waals surface area contributed by atoms with Crippen molar-refractivity contribution in [2.45, 2.75) is 74.1 Å². The number of ether oxygens (including phenoxy) is 5. The van der Waals surface area contributed by atoms with Crippen molar-refractivity contribution in [3.8, 4) is 175 Å². The van der Waals surface area contributed by atoms with E-state index in [9.17, 15) is 9.59 Å². The van der Waals surface area contributed by atoms with Crippen molar-refractivity contribution < 1.29 is 37.7 Å². The van der Waals surface area contributed by atoms with Gasteiger partial charge in [-0.1, -0.05) is 104 Å². The number of ketones is 1. The van der Waals surface area contributed by atoms with Gasteiger partial charge in [-0.2, -0.15) is 25.5 Å². The molecule has 22 rings (SSSR count). The number of esters is 1. The molecule has 0 spiro atoms. The summed E-state index contributed by atoms with van der Waals surface area (Å²) >= 11 is 12.9. The summed E-state index contributed by atoms with van der Waals surface area (Å²) in [5.41, 5.74) is 19.4. The number of rotatable bonds is 27. The Hall–Kier alpha value is -15.5. The van der Waals surface area contributed by atoms with Crippen LogP contribution in [-0.4, -0.2) is 175 Å². The number of thiazole rings is 6. The number of halogens is 1. The van der Waals surface area contributed by atoms with Crippen molar-refractivity contribution in [3.05, 3.63) is 265 Å². The zero-order valence-electron chi connectivity index (χ0n) is 75.3. The Balaban J connectivity index is 0.000000115. The predicted molar refractivity (Wildman–Crippen MR) is 538 cm³/mol. The second-order valence-corrected chi connectivity index (χ2v) is 36.9. The number of carbonyl (C=O) groups is 2. The third kappa shape index (κ3) is 20.7. The molecule has 4 aromatic carbocycles. The maximum atomic E-state index is 11.9. The number of aromatic nitrogens is 26. The van der Waals surface area contributed by atoms with E-state index in [1.54, 1.807) is 85.1 Å². The molecule has 0 aliphatic rings. The molecule has 0 radical (unpaired) electrons. The number of nitrogens with one attached hydrogen (secondary N) is 4. The number of Topliss-reactive ketones (excluding diaryl/α,β-unsaturated/α-hetero) is 1. The number of fused-ring (bicyclic) bond motifs is 3. The van der Waals surface area contributed by atoms with Crippen LogP contribution in [-0.2, 0) is 27.2 Å². The molecule has 0 bridgehead atoms. The van der Waals surface area contributed by atoms with Gasteiger partial charge in [0.2, 0.25) is 11.8 Å². The van der Waals surface area contributed by atoms with Crippen LogP contribution in [0.5, 0.6) is 23.3 Å². The van der Waals surface area contributed by atoms with E-state index in [4.69, 9.17) is 48.0 Å². The van der Waals surface area contributed by atoms with Gasteiger partial charge in [0.05, 0.1) is 101 Å². The van der Waals surface area contributed by atoms with Gasteiger partial charge in [0.25, 0.3) is 0 Å². The van der Waals surface area contributed by atoms with Crippen LogP contribution in [0.25, 0.3) is 168 Å². The topological polar surface area (TPSA) is 415 Å². The maximum Gasteiger partial charge on any atom is 0.311 e. The van der Waals surface area contributed by atoms with Crippen LogP contribution < -0.4 is 18.9 Å². The number of H-pyrrole nitrogens is 4. The number of methoxy groups -OCH3 is 2. The Kier molecular flexibility index (Phi) is 28.9. The van der Waals surface area contributed by atoms with Gasteiger partial charge in [0, 0.05) is 87.2 Å². The molecule has 41 heteroatoms. The Morgan fingerprint density at radius 1 is 0.449 bits per heavy atom. The largest absolute Gasteiger partial charge is 0.493 e. The molecule has 138 heavy (non-hydrogen) atoms. The summed E-state index contributed by atoms with van der Waals surface area (Å²) in [5, 5.41) is 38.3. The number of hydrogen-bond acceptors (Lipinski definition) is 33. The Morgan fingerprint density at radius 2 is 0.935 bits per heavy atom. The van der Waals surface area contributed by atoms with Crippen molar-refractivity contribution in [2.75, 3.05) is 34.0 Å². The van der Waals surface area contributed by atoms with Gasteiger partial charge in [0.15, 0.2) is 41.2 Å². The zero-order chi connectivity index (χ0) is 95.1. The highest BCUT2D eigenvalue weighted by atomic mass is 79.9. The van der Waals surface area contributed by atoms with Crippen molar-refractivity contribution in [2.24, 2.45) is 0 Å². The molecule has 0 saturated carbocycles. The van der Waals surface area contributed by atoms with Crippen molar-refractivity contribution in [1.82, 2.24) is 129 Å². The number of hydrogen-bond donors (Lipinski definition) is 4. The van der Waals surface area contributed by atoms with E-state index >= 15 is 0 Å². The summed E-state index contributed by atoms with van der Waals surface area (Å²) in [6.45, 7) is 15.0. The second-order valence-electron chi connectivity index (χ2n) is 30.1. The van der Waals surface area contributed by atoms with Crippen LogP contribution in [0.1, 0.15) is 69.0 Å². The molecule has 18 heterocycles. The number of benzene rings is 4. The van der Waals surface area contributed by atoms with Crippen LogP contribution in [0.15, 0.2) is 241 Å². The first-order chi connectivity index (χ1) is 67.6. The number of nitrogens with zero attached hydrogens (tertiary/aromatic N) is 22. The fourth-order valence-corrected chi connectivity index (χ4v) is 21.4. The molecule has 34 nitrogen and oxygen atoms in total. The standard InChI is InChI=1S/C27H22N6O2S.C19H13BrN6S.C18H12N4OS2.C17H19N5O2S.C16H17N5O3S/c1-16-24(27-31-23(17-7-5-4-6-8-17)25(36-27)26-28-15-29-32-26)33-14-19(10-12-22(33)30-16)18-9-11-20(34-2)21(13-18)35-3;1-11-16(26-9-13(20)7-8-14(26)23-11)19-24-15(12-5-3-2-4-6-12)17(27-19)18-21-10-22-25-18;1-11-14(18-22(21-11)7-8-24-18)17-20-15(12-5-3-2-4-6-12)16(25-17)13-9-23-10-19-13;1-3-5-13(23)9-12-8-11(6-7-18-12)17-21-16(24-4-2)14(25-17)15-19-10-20-22-15;1-3-23-12(22)8-11-7-10(5-6-17-11)16-20-15(24-4-2)13(25-16)14-18-9-19-21-14/h4-15H,1-3H3,(H,28,29,32);2-10H,1H3,(H,21,22,25);2-10H,1H3;6-8,10H,3-5,9H2,1-2H3,(H,19,20,22);5-7,9H,3-4,8H2,1-2H3,(H,18,19,21). The van der Waals surface area contributed by atoms with Gasteiger partial charge in [0.1, 0.15) is 105 Å². The number of imidazole rings is 2. The van der Waals surface area contributed by atoms with Crippen LogP contribution in [0.3, 0.4) is 0 Å². The molecule has 692 valence electrons. The predicted octanol–water partition coefficient (Wildman–Crippen LogP) is 21.8. The molecular formula is C97H83BrN26O8S6. The summed E-state index contributed by atoms with van der Waals surface area (Å²) in [6, 6.07) is 51.8. The third-order valence-corrected chi connectivity index (χ3v) is 27.7. The van der Waals surface area contributed by atoms with E-state index in [-0.39, 0.29) is 18.2 Å². The monoisotopic (exact) mass is 2010 g/mol. The number of aromatic amines is 4. The first-order valence-electron chi connectivity index (χ1n) is 43.2. The van der Waals surface area contributed by atoms with E-state index in [1.165, 1.54) is 54.4 Å². The minimum absolute atomic E-state index is 0.125. The molecule has 22 aromatic rings. The van der Waals surface area contributed by atoms with E-state index in [0.29, 0.717) is 84.9 Å². The first kappa shape index (κ1) is 92.9. The molecule has 0 aliphatic carbocycles. The quantitative estimate of drug-likeness (QED) is 0.0347. The summed E-state index contributed by atoms with van der Waals surface area (Å²) in [6.07, 6.45) is 20.4. The zero-order valence-corrected chi connectivity index (χ0v) is 81.8. The normalized spacial score (nSPS) is 11.1. The van der Waals surface area contributed by atoms with Crippen LogP contribution in [0, 0.1) is 20.8 Å². The van der Waals surface area contributed by atoms with Gasteiger partial charge in [-0.25, -0.2) is 64.3 Å². The number of aryl methyl sites for hydroxylation is 3. The highest BCUT2D eigenvalue weighted by Gasteiger charge is 2.28. The number of carbonyl (C=O) groups excluding carboxylic acids is 2. The van der Waals surface area contributed by atoms with Gasteiger partial charge in [-0.3, -0.25) is 48.8 Å². The summed E-state index contributed by atoms with van der Waals surface area (Å²) in [4.78, 5) is 92.6. The molecule has 0 fully saturated rings. The number of pyridine rings is 4. The lowest BCUT2D eigenvalue weighted by Gasteiger charge is -2.10. The summed E-state index contributed by atoms with van der Waals surface area (Å²) in [7, 11) is 3.27. The van der Waals surface area contributed by atoms with Crippen LogP contribution in [0.2, 0.25) is 0 Å². The Morgan fingerprint density at radius 3 is 1.43 bits per heavy atom. The fourth-order valence-electron chi connectivity index (χ4n) is 14.8. The lowest BCUT2D eigenvalue weighted by Crippen LogP contribution is -2.08. The highest BCUT2D eigenvalue weighted by Crippen LogP contribution is 2.47. The summed E-state index contributed by atoms with van der Waals surface area (Å²) in [5.74, 6) is 4.93. The van der Waals surface area contributed by atoms with Gasteiger partial charge in [-0.15, -0.1) is 68.0 Å². The van der Waals surface area contributed by atoms with Crippen LogP contribution in [0.4, 0.5) is 0 Å². The molecule has 0 unspecified atom stereocenters. The lowest BCUT2D eigenvalue weighted by atomic mass is 10.1. The molecule has 4 N–H and O–H groups in total.